The van der Waals surface area contributed by atoms with E-state index in [9.17, 15) is 0 Å². The lowest BCUT2D eigenvalue weighted by atomic mass is 9.92. The van der Waals surface area contributed by atoms with Gasteiger partial charge in [-0.15, -0.1) is 35.3 Å². The molecule has 0 bridgehead atoms. The number of guanidine groups is 1. The highest BCUT2D eigenvalue weighted by Crippen LogP contribution is 2.21. The van der Waals surface area contributed by atoms with Crippen molar-refractivity contribution in [2.75, 3.05) is 26.2 Å². The van der Waals surface area contributed by atoms with Gasteiger partial charge in [-0.05, 0) is 25.2 Å². The number of nitrogens with zero attached hydrogens (tertiary/aromatic N) is 3. The van der Waals surface area contributed by atoms with Gasteiger partial charge in [0.25, 0.3) is 0 Å². The maximum Gasteiger partial charge on any atom is 0.193 e. The Bertz CT molecular complexity index is 505. The minimum absolute atomic E-state index is 0. The van der Waals surface area contributed by atoms with Gasteiger partial charge in [-0.3, -0.25) is 4.99 Å². The Kier molecular flexibility index (Phi) is 9.56. The van der Waals surface area contributed by atoms with Crippen LogP contribution in [0, 0.1) is 11.8 Å². The summed E-state index contributed by atoms with van der Waals surface area (Å²) in [6.07, 6.45) is 2.25. The molecule has 2 atom stereocenters. The van der Waals surface area contributed by atoms with Crippen LogP contribution in [-0.2, 0) is 6.42 Å². The van der Waals surface area contributed by atoms with Crippen LogP contribution < -0.4 is 5.32 Å². The predicted octanol–water partition coefficient (Wildman–Crippen LogP) is 4.37. The summed E-state index contributed by atoms with van der Waals surface area (Å²) < 4.78 is 0. The molecule has 24 heavy (non-hydrogen) atoms. The average molecular weight is 464 g/mol. The second kappa shape index (κ2) is 10.6. The second-order valence-electron chi connectivity index (χ2n) is 7.17. The Morgan fingerprint density at radius 2 is 2.04 bits per heavy atom. The predicted molar refractivity (Wildman–Crippen MR) is 116 cm³/mol. The maximum absolute atomic E-state index is 4.85. The number of piperidine rings is 1. The highest BCUT2D eigenvalue weighted by Gasteiger charge is 2.23. The first-order valence-corrected chi connectivity index (χ1v) is 9.85. The van der Waals surface area contributed by atoms with Gasteiger partial charge in [-0.25, -0.2) is 4.98 Å². The van der Waals surface area contributed by atoms with Gasteiger partial charge >= 0.3 is 0 Å². The van der Waals surface area contributed by atoms with Crippen LogP contribution in [0.4, 0.5) is 0 Å². The van der Waals surface area contributed by atoms with Gasteiger partial charge in [0.2, 0.25) is 0 Å². The molecule has 0 aliphatic carbocycles. The number of aromatic nitrogens is 1. The molecule has 1 aromatic heterocycles. The van der Waals surface area contributed by atoms with E-state index in [2.05, 4.69) is 50.2 Å². The van der Waals surface area contributed by atoms with Crippen LogP contribution in [0.5, 0.6) is 0 Å². The minimum Gasteiger partial charge on any atom is -0.357 e. The summed E-state index contributed by atoms with van der Waals surface area (Å²) in [5.41, 5.74) is 1.18. The normalized spacial score (nSPS) is 21.8. The van der Waals surface area contributed by atoms with E-state index in [-0.39, 0.29) is 24.0 Å². The van der Waals surface area contributed by atoms with Crippen molar-refractivity contribution in [1.82, 2.24) is 15.2 Å². The number of nitrogens with one attached hydrogen (secondary N) is 1. The van der Waals surface area contributed by atoms with E-state index in [1.807, 2.05) is 0 Å². The van der Waals surface area contributed by atoms with Crippen molar-refractivity contribution in [2.45, 2.75) is 53.4 Å². The number of rotatable bonds is 5. The lowest BCUT2D eigenvalue weighted by Gasteiger charge is -2.37. The van der Waals surface area contributed by atoms with E-state index in [0.29, 0.717) is 5.92 Å². The fraction of sp³-hybridized carbons (Fsp3) is 0.778. The molecule has 1 saturated heterocycles. The molecule has 0 spiro atoms. The van der Waals surface area contributed by atoms with Crippen molar-refractivity contribution in [1.29, 1.82) is 0 Å². The zero-order chi connectivity index (χ0) is 16.8. The molecule has 138 valence electrons. The summed E-state index contributed by atoms with van der Waals surface area (Å²) in [7, 11) is 0. The molecule has 6 heteroatoms. The zero-order valence-corrected chi connectivity index (χ0v) is 18.9. The molecule has 2 heterocycles. The summed E-state index contributed by atoms with van der Waals surface area (Å²) in [5, 5.41) is 6.88. The zero-order valence-electron chi connectivity index (χ0n) is 15.7. The van der Waals surface area contributed by atoms with E-state index in [1.165, 1.54) is 17.1 Å². The standard InChI is InChI=1S/C18H32N4S.HI/c1-6-19-18(22-10-14(4)9-15(5)11-22)20-8-7-16-12-23-17(21-16)13(2)3;/h12-15H,6-11H2,1-5H3,(H,19,20);1H. The molecule has 0 amide bonds. The summed E-state index contributed by atoms with van der Waals surface area (Å²) in [6.45, 7) is 15.2. The van der Waals surface area contributed by atoms with Crippen LogP contribution in [-0.4, -0.2) is 42.0 Å². The molecule has 2 rings (SSSR count). The monoisotopic (exact) mass is 464 g/mol. The van der Waals surface area contributed by atoms with Gasteiger partial charge in [0, 0.05) is 43.9 Å². The Balaban J connectivity index is 0.00000288. The Morgan fingerprint density at radius 3 is 2.58 bits per heavy atom. The highest BCUT2D eigenvalue weighted by atomic mass is 127. The first-order chi connectivity index (χ1) is 11.0. The van der Waals surface area contributed by atoms with Crippen LogP contribution in [0.15, 0.2) is 10.4 Å². The van der Waals surface area contributed by atoms with Crippen LogP contribution >= 0.6 is 35.3 Å². The molecule has 0 radical (unpaired) electrons. The number of thiazole rings is 1. The average Bonchev–Trinajstić information content (AvgIpc) is 2.94. The third kappa shape index (κ3) is 6.50. The van der Waals surface area contributed by atoms with Crippen molar-refractivity contribution in [2.24, 2.45) is 16.8 Å². The van der Waals surface area contributed by atoms with Crippen LogP contribution in [0.25, 0.3) is 0 Å². The first kappa shape index (κ1) is 21.7. The molecule has 0 aromatic carbocycles. The first-order valence-electron chi connectivity index (χ1n) is 8.97. The molecule has 2 unspecified atom stereocenters. The van der Waals surface area contributed by atoms with Gasteiger partial charge in [0.15, 0.2) is 5.96 Å². The molecule has 4 nitrogen and oxygen atoms in total. The smallest absolute Gasteiger partial charge is 0.193 e. The summed E-state index contributed by atoms with van der Waals surface area (Å²) in [6, 6.07) is 0. The van der Waals surface area contributed by atoms with Crippen molar-refractivity contribution >= 4 is 41.3 Å². The quantitative estimate of drug-likeness (QED) is 0.400. The van der Waals surface area contributed by atoms with Gasteiger partial charge in [0.05, 0.1) is 10.7 Å². The largest absolute Gasteiger partial charge is 0.357 e. The van der Waals surface area contributed by atoms with E-state index in [1.54, 1.807) is 11.3 Å². The molecular formula is C18H33IN4S. The molecular weight excluding hydrogens is 431 g/mol. The summed E-state index contributed by atoms with van der Waals surface area (Å²) >= 11 is 1.77. The Morgan fingerprint density at radius 1 is 1.38 bits per heavy atom. The van der Waals surface area contributed by atoms with Crippen LogP contribution in [0.2, 0.25) is 0 Å². The lowest BCUT2D eigenvalue weighted by molar-refractivity contribution is 0.208. The van der Waals surface area contributed by atoms with E-state index >= 15 is 0 Å². The second-order valence-corrected chi connectivity index (χ2v) is 8.06. The molecule has 1 aliphatic heterocycles. The maximum atomic E-state index is 4.85. The van der Waals surface area contributed by atoms with Crippen LogP contribution in [0.3, 0.4) is 0 Å². The van der Waals surface area contributed by atoms with Crippen molar-refractivity contribution in [3.05, 3.63) is 16.1 Å². The van der Waals surface area contributed by atoms with Crippen molar-refractivity contribution < 1.29 is 0 Å². The van der Waals surface area contributed by atoms with Gasteiger partial charge in [-0.1, -0.05) is 27.7 Å². The summed E-state index contributed by atoms with van der Waals surface area (Å²) in [5.74, 6) is 3.08. The minimum atomic E-state index is 0. The van der Waals surface area contributed by atoms with Crippen molar-refractivity contribution in [3.8, 4) is 0 Å². The van der Waals surface area contributed by atoms with Gasteiger partial charge < -0.3 is 10.2 Å². The van der Waals surface area contributed by atoms with E-state index < -0.39 is 0 Å². The molecule has 0 saturated carbocycles. The van der Waals surface area contributed by atoms with Crippen LogP contribution in [0.1, 0.15) is 57.7 Å². The number of hydrogen-bond donors (Lipinski definition) is 1. The fourth-order valence-electron chi connectivity index (χ4n) is 3.24. The summed E-state index contributed by atoms with van der Waals surface area (Å²) in [4.78, 5) is 12.0. The SMILES string of the molecule is CCNC(=NCCc1csc(C(C)C)n1)N1CC(C)CC(C)C1.I. The Labute approximate surface area is 168 Å². The van der Waals surface area contributed by atoms with Gasteiger partial charge in [0.1, 0.15) is 0 Å². The third-order valence-corrected chi connectivity index (χ3v) is 5.39. The number of likely N-dealkylation sites (tertiary alicyclic amines) is 1. The van der Waals surface area contributed by atoms with Crippen molar-refractivity contribution in [3.63, 3.8) is 0 Å². The topological polar surface area (TPSA) is 40.5 Å². The number of halogens is 1. The Hall–Kier alpha value is -0.370. The molecule has 1 aliphatic rings. The third-order valence-electron chi connectivity index (χ3n) is 4.20. The fourth-order valence-corrected chi connectivity index (χ4v) is 4.11. The number of hydrogen-bond acceptors (Lipinski definition) is 3. The molecule has 1 aromatic rings. The van der Waals surface area contributed by atoms with E-state index in [4.69, 9.17) is 9.98 Å². The van der Waals surface area contributed by atoms with Gasteiger partial charge in [-0.2, -0.15) is 0 Å². The van der Waals surface area contributed by atoms with E-state index in [0.717, 1.165) is 50.4 Å². The lowest BCUT2D eigenvalue weighted by Crippen LogP contribution is -2.48. The molecule has 1 fully saturated rings. The highest BCUT2D eigenvalue weighted by molar-refractivity contribution is 14.0. The number of aliphatic imine (C=N–C) groups is 1. The molecule has 1 N–H and O–H groups in total.